The van der Waals surface area contributed by atoms with E-state index in [0.29, 0.717) is 18.8 Å². The lowest BCUT2D eigenvalue weighted by molar-refractivity contribution is 0.101. The Kier molecular flexibility index (Phi) is 7.60. The molecule has 0 amide bonds. The van der Waals surface area contributed by atoms with E-state index in [1.54, 1.807) is 6.92 Å². The van der Waals surface area contributed by atoms with Gasteiger partial charge in [-0.15, -0.1) is 10.2 Å². The third-order valence-electron chi connectivity index (χ3n) is 6.04. The van der Waals surface area contributed by atoms with Gasteiger partial charge in [0.05, 0.1) is 24.4 Å². The monoisotopic (exact) mass is 531 g/mol. The molecule has 2 aromatic carbocycles. The molecule has 0 aliphatic carbocycles. The van der Waals surface area contributed by atoms with Crippen molar-refractivity contribution < 1.29 is 14.3 Å². The van der Waals surface area contributed by atoms with E-state index in [4.69, 9.17) is 26.1 Å². The van der Waals surface area contributed by atoms with E-state index in [-0.39, 0.29) is 17.6 Å². The standard InChI is InChI=1S/C27H26ClN7O3/c1-3-5-10-23-30-24(28)26(38-27(36)37-4-2)35(23)16-17-11-13-21-18(15-17)12-14-22(29-21)19-8-6-7-9-20(19)25-31-33-34-32-25/h6-9,11-15H,3-5,10,16H2,1-2H3,(H,31,32,33,34). The van der Waals surface area contributed by atoms with Gasteiger partial charge in [0.1, 0.15) is 5.82 Å². The van der Waals surface area contributed by atoms with Crippen molar-refractivity contribution in [3.05, 3.63) is 71.1 Å². The maximum absolute atomic E-state index is 12.0. The number of aromatic amines is 1. The number of halogens is 1. The van der Waals surface area contributed by atoms with Crippen LogP contribution in [-0.2, 0) is 17.7 Å². The second kappa shape index (κ2) is 11.4. The number of carbonyl (C=O) groups is 1. The molecule has 0 aliphatic rings. The van der Waals surface area contributed by atoms with Gasteiger partial charge in [0.2, 0.25) is 11.7 Å². The Morgan fingerprint density at radius 1 is 1.05 bits per heavy atom. The van der Waals surface area contributed by atoms with Crippen molar-refractivity contribution in [2.75, 3.05) is 6.61 Å². The van der Waals surface area contributed by atoms with E-state index >= 15 is 0 Å². The summed E-state index contributed by atoms with van der Waals surface area (Å²) < 4.78 is 12.2. The number of hydrogen-bond acceptors (Lipinski definition) is 8. The van der Waals surface area contributed by atoms with Crippen LogP contribution in [0.4, 0.5) is 4.79 Å². The Hall–Kier alpha value is -4.31. The molecule has 0 radical (unpaired) electrons. The largest absolute Gasteiger partial charge is 0.515 e. The number of rotatable bonds is 9. The van der Waals surface area contributed by atoms with Gasteiger partial charge in [0.15, 0.2) is 5.15 Å². The molecule has 0 bridgehead atoms. The minimum absolute atomic E-state index is 0.136. The molecule has 11 heteroatoms. The highest BCUT2D eigenvalue weighted by molar-refractivity contribution is 6.30. The smallest absolute Gasteiger partial charge is 0.434 e. The molecule has 0 atom stereocenters. The van der Waals surface area contributed by atoms with Crippen LogP contribution in [0.2, 0.25) is 5.15 Å². The number of carbonyl (C=O) groups excluding carboxylic acids is 1. The van der Waals surface area contributed by atoms with Crippen LogP contribution in [0.25, 0.3) is 33.5 Å². The van der Waals surface area contributed by atoms with Crippen LogP contribution in [0.5, 0.6) is 5.88 Å². The van der Waals surface area contributed by atoms with Crippen molar-refractivity contribution in [2.24, 2.45) is 0 Å². The first kappa shape index (κ1) is 25.3. The van der Waals surface area contributed by atoms with E-state index in [0.717, 1.165) is 52.0 Å². The van der Waals surface area contributed by atoms with Crippen LogP contribution >= 0.6 is 11.6 Å². The predicted octanol–water partition coefficient (Wildman–Crippen LogP) is 5.86. The lowest BCUT2D eigenvalue weighted by Crippen LogP contribution is -2.15. The van der Waals surface area contributed by atoms with Gasteiger partial charge in [-0.1, -0.05) is 61.3 Å². The van der Waals surface area contributed by atoms with Crippen LogP contribution in [0.15, 0.2) is 54.6 Å². The van der Waals surface area contributed by atoms with Crippen LogP contribution in [0, 0.1) is 0 Å². The van der Waals surface area contributed by atoms with Gasteiger partial charge in [0.25, 0.3) is 0 Å². The number of nitrogens with one attached hydrogen (secondary N) is 1. The lowest BCUT2D eigenvalue weighted by atomic mass is 10.0. The molecule has 5 rings (SSSR count). The number of aromatic nitrogens is 7. The summed E-state index contributed by atoms with van der Waals surface area (Å²) in [6, 6.07) is 17.8. The summed E-state index contributed by atoms with van der Waals surface area (Å²) in [7, 11) is 0. The lowest BCUT2D eigenvalue weighted by Gasteiger charge is -2.13. The normalized spacial score (nSPS) is 11.1. The van der Waals surface area contributed by atoms with Gasteiger partial charge in [-0.3, -0.25) is 4.57 Å². The van der Waals surface area contributed by atoms with E-state index in [1.165, 1.54) is 0 Å². The summed E-state index contributed by atoms with van der Waals surface area (Å²) in [5.41, 5.74) is 4.38. The summed E-state index contributed by atoms with van der Waals surface area (Å²) in [6.07, 6.45) is 1.83. The number of hydrogen-bond donors (Lipinski definition) is 1. The SMILES string of the molecule is CCCCc1nc(Cl)c(OC(=O)OCC)n1Cc1ccc2nc(-c3ccccc3-c3nn[nH]n3)ccc2c1. The number of H-pyrrole nitrogens is 1. The maximum Gasteiger partial charge on any atom is 0.515 e. The Morgan fingerprint density at radius 2 is 1.89 bits per heavy atom. The number of imidazole rings is 1. The Labute approximate surface area is 224 Å². The van der Waals surface area contributed by atoms with Gasteiger partial charge in [-0.2, -0.15) is 5.21 Å². The average molecular weight is 532 g/mol. The molecule has 0 saturated heterocycles. The Balaban J connectivity index is 1.47. The van der Waals surface area contributed by atoms with Gasteiger partial charge < -0.3 is 9.47 Å². The highest BCUT2D eigenvalue weighted by Gasteiger charge is 2.21. The number of fused-ring (bicyclic) bond motifs is 1. The third-order valence-corrected chi connectivity index (χ3v) is 6.29. The van der Waals surface area contributed by atoms with Gasteiger partial charge in [-0.25, -0.2) is 14.8 Å². The molecule has 3 heterocycles. The van der Waals surface area contributed by atoms with Crippen molar-refractivity contribution >= 4 is 28.7 Å². The molecule has 3 aromatic heterocycles. The van der Waals surface area contributed by atoms with E-state index in [9.17, 15) is 4.79 Å². The number of pyridine rings is 1. The molecule has 0 unspecified atom stereocenters. The van der Waals surface area contributed by atoms with E-state index in [1.807, 2.05) is 53.1 Å². The van der Waals surface area contributed by atoms with Crippen molar-refractivity contribution in [3.63, 3.8) is 0 Å². The molecule has 5 aromatic rings. The van der Waals surface area contributed by atoms with Gasteiger partial charge >= 0.3 is 6.16 Å². The zero-order valence-corrected chi connectivity index (χ0v) is 21.8. The number of ether oxygens (including phenoxy) is 2. The summed E-state index contributed by atoms with van der Waals surface area (Å²) in [6.45, 7) is 4.44. The number of unbranched alkanes of at least 4 members (excludes halogenated alkanes) is 1. The molecule has 0 spiro atoms. The first-order valence-electron chi connectivity index (χ1n) is 12.4. The van der Waals surface area contributed by atoms with Gasteiger partial charge in [-0.05, 0) is 42.3 Å². The summed E-state index contributed by atoms with van der Waals surface area (Å²) in [4.78, 5) is 21.4. The molecule has 0 fully saturated rings. The van der Waals surface area contributed by atoms with E-state index in [2.05, 4.69) is 38.6 Å². The first-order chi connectivity index (χ1) is 18.6. The molecule has 194 valence electrons. The molecule has 0 saturated carbocycles. The molecule has 38 heavy (non-hydrogen) atoms. The van der Waals surface area contributed by atoms with E-state index < -0.39 is 6.16 Å². The zero-order chi connectivity index (χ0) is 26.5. The summed E-state index contributed by atoms with van der Waals surface area (Å²) in [5, 5.41) is 15.5. The maximum atomic E-state index is 12.0. The average Bonchev–Trinajstić information content (AvgIpc) is 3.56. The van der Waals surface area contributed by atoms with Crippen LogP contribution < -0.4 is 4.74 Å². The third kappa shape index (κ3) is 5.35. The molecule has 10 nitrogen and oxygen atoms in total. The predicted molar refractivity (Wildman–Crippen MR) is 143 cm³/mol. The topological polar surface area (TPSA) is 121 Å². The fourth-order valence-corrected chi connectivity index (χ4v) is 4.48. The first-order valence-corrected chi connectivity index (χ1v) is 12.8. The molecular weight excluding hydrogens is 506 g/mol. The Morgan fingerprint density at radius 3 is 2.66 bits per heavy atom. The van der Waals surface area contributed by atoms with Gasteiger partial charge in [0, 0.05) is 22.9 Å². The number of tetrazole rings is 1. The number of nitrogens with zero attached hydrogens (tertiary/aromatic N) is 6. The minimum Gasteiger partial charge on any atom is -0.434 e. The fourth-order valence-electron chi connectivity index (χ4n) is 4.25. The second-order valence-electron chi connectivity index (χ2n) is 8.60. The highest BCUT2D eigenvalue weighted by atomic mass is 35.5. The summed E-state index contributed by atoms with van der Waals surface area (Å²) >= 11 is 6.37. The molecular formula is C27H26ClN7O3. The zero-order valence-electron chi connectivity index (χ0n) is 21.0. The van der Waals surface area contributed by atoms with Crippen LogP contribution in [0.1, 0.15) is 38.1 Å². The van der Waals surface area contributed by atoms with Crippen molar-refractivity contribution in [1.82, 2.24) is 35.2 Å². The molecule has 1 N–H and O–H groups in total. The summed E-state index contributed by atoms with van der Waals surface area (Å²) in [5.74, 6) is 1.45. The van der Waals surface area contributed by atoms with Crippen molar-refractivity contribution in [1.29, 1.82) is 0 Å². The molecule has 0 aliphatic heterocycles. The van der Waals surface area contributed by atoms with Crippen LogP contribution in [0.3, 0.4) is 0 Å². The highest BCUT2D eigenvalue weighted by Crippen LogP contribution is 2.31. The minimum atomic E-state index is -0.811. The second-order valence-corrected chi connectivity index (χ2v) is 8.96. The van der Waals surface area contributed by atoms with Crippen LogP contribution in [-0.4, -0.2) is 47.9 Å². The van der Waals surface area contributed by atoms with Crippen molar-refractivity contribution in [3.8, 4) is 28.5 Å². The quantitative estimate of drug-likeness (QED) is 0.235. The van der Waals surface area contributed by atoms with Crippen molar-refractivity contribution in [2.45, 2.75) is 39.7 Å². The number of benzene rings is 2. The Bertz CT molecular complexity index is 1570. The number of aryl methyl sites for hydroxylation is 1. The fraction of sp³-hybridized carbons (Fsp3) is 0.259.